The molecule has 1 N–H and O–H groups in total. The molecule has 0 bridgehead atoms. The first kappa shape index (κ1) is 20.0. The van der Waals surface area contributed by atoms with Crippen LogP contribution in [0, 0.1) is 0 Å². The van der Waals surface area contributed by atoms with Crippen LogP contribution in [-0.4, -0.2) is 67.2 Å². The minimum Gasteiger partial charge on any atom is -0.452 e. The van der Waals surface area contributed by atoms with Crippen LogP contribution in [0.2, 0.25) is 0 Å². The topological polar surface area (TPSA) is 127 Å². The number of imide groups is 1. The van der Waals surface area contributed by atoms with E-state index in [1.54, 1.807) is 24.3 Å². The van der Waals surface area contributed by atoms with E-state index in [1.807, 2.05) is 0 Å². The number of sulfone groups is 1. The number of fused-ring (bicyclic) bond motifs is 1. The van der Waals surface area contributed by atoms with Crippen LogP contribution in [0.15, 0.2) is 24.3 Å². The van der Waals surface area contributed by atoms with E-state index < -0.39 is 45.7 Å². The lowest BCUT2D eigenvalue weighted by Crippen LogP contribution is -2.42. The maximum Gasteiger partial charge on any atom is 0.308 e. The summed E-state index contributed by atoms with van der Waals surface area (Å²) < 4.78 is 27.9. The summed E-state index contributed by atoms with van der Waals surface area (Å²) in [5.74, 6) is -2.37. The van der Waals surface area contributed by atoms with Gasteiger partial charge in [-0.1, -0.05) is 12.1 Å². The molecular formula is C18H20N2O7S. The van der Waals surface area contributed by atoms with Crippen LogP contribution in [0.4, 0.5) is 0 Å². The molecule has 2 heterocycles. The summed E-state index contributed by atoms with van der Waals surface area (Å²) in [4.78, 5) is 49.5. The van der Waals surface area contributed by atoms with Gasteiger partial charge in [-0.3, -0.25) is 24.1 Å². The van der Waals surface area contributed by atoms with Crippen molar-refractivity contribution < 1.29 is 32.3 Å². The van der Waals surface area contributed by atoms with Gasteiger partial charge >= 0.3 is 5.97 Å². The zero-order chi connectivity index (χ0) is 20.5. The van der Waals surface area contributed by atoms with Crippen LogP contribution in [0.3, 0.4) is 0 Å². The van der Waals surface area contributed by atoms with Crippen LogP contribution < -0.4 is 5.32 Å². The number of amides is 3. The summed E-state index contributed by atoms with van der Waals surface area (Å²) >= 11 is 0. The number of carbonyl (C=O) groups is 4. The average molecular weight is 408 g/mol. The average Bonchev–Trinajstić information content (AvgIpc) is 3.10. The smallest absolute Gasteiger partial charge is 0.308 e. The first-order valence-corrected chi connectivity index (χ1v) is 10.7. The Morgan fingerprint density at radius 3 is 2.36 bits per heavy atom. The Balaban J connectivity index is 1.47. The van der Waals surface area contributed by atoms with Gasteiger partial charge in [0, 0.05) is 12.6 Å². The van der Waals surface area contributed by atoms with Crippen LogP contribution >= 0.6 is 0 Å². The van der Waals surface area contributed by atoms with Crippen molar-refractivity contribution in [2.45, 2.75) is 31.9 Å². The maximum absolute atomic E-state index is 12.2. The van der Waals surface area contributed by atoms with Gasteiger partial charge in [-0.15, -0.1) is 0 Å². The van der Waals surface area contributed by atoms with Crippen molar-refractivity contribution in [2.24, 2.45) is 0 Å². The summed E-state index contributed by atoms with van der Waals surface area (Å²) in [7, 11) is -3.13. The predicted octanol–water partition coefficient (Wildman–Crippen LogP) is -0.0923. The van der Waals surface area contributed by atoms with Crippen molar-refractivity contribution in [3.8, 4) is 0 Å². The third kappa shape index (κ3) is 4.22. The Kier molecular flexibility index (Phi) is 5.50. The Hall–Kier alpha value is -2.75. The first-order valence-electron chi connectivity index (χ1n) is 8.83. The highest BCUT2D eigenvalue weighted by Crippen LogP contribution is 2.22. The Bertz CT molecular complexity index is 906. The van der Waals surface area contributed by atoms with Crippen LogP contribution in [-0.2, 0) is 24.2 Å². The van der Waals surface area contributed by atoms with Gasteiger partial charge in [-0.05, 0) is 25.5 Å². The van der Waals surface area contributed by atoms with E-state index in [-0.39, 0.29) is 24.5 Å². The lowest BCUT2D eigenvalue weighted by molar-refractivity contribution is -0.155. The second-order valence-electron chi connectivity index (χ2n) is 6.80. The Labute approximate surface area is 161 Å². The van der Waals surface area contributed by atoms with Crippen molar-refractivity contribution in [1.29, 1.82) is 0 Å². The Morgan fingerprint density at radius 1 is 1.21 bits per heavy atom. The standard InChI is InChI=1S/C18H20N2O7S/c1-11(16(22)19-12-7-9-28(25,26)10-12)27-15(21)6-8-20-17(23)13-4-2-3-5-14(13)18(20)24/h2-5,11-12H,6-10H2,1H3,(H,19,22)/t11-,12+/m1/s1. The van der Waals surface area contributed by atoms with Crippen LogP contribution in [0.25, 0.3) is 0 Å². The molecule has 2 aliphatic rings. The number of rotatable bonds is 6. The maximum atomic E-state index is 12.2. The molecular weight excluding hydrogens is 388 g/mol. The molecule has 3 amide bonds. The number of ether oxygens (including phenoxy) is 1. The van der Waals surface area contributed by atoms with Crippen LogP contribution in [0.5, 0.6) is 0 Å². The number of nitrogens with one attached hydrogen (secondary N) is 1. The summed E-state index contributed by atoms with van der Waals surface area (Å²) in [6, 6.07) is 5.90. The predicted molar refractivity (Wildman–Crippen MR) is 97.2 cm³/mol. The van der Waals surface area contributed by atoms with Gasteiger partial charge in [0.05, 0.1) is 29.1 Å². The molecule has 10 heteroatoms. The molecule has 0 aromatic heterocycles. The molecule has 0 saturated carbocycles. The SMILES string of the molecule is C[C@@H](OC(=O)CCN1C(=O)c2ccccc2C1=O)C(=O)N[C@H]1CCS(=O)(=O)C1. The summed E-state index contributed by atoms with van der Waals surface area (Å²) in [6.07, 6.45) is -1.03. The van der Waals surface area contributed by atoms with Gasteiger partial charge in [0.1, 0.15) is 0 Å². The van der Waals surface area contributed by atoms with Gasteiger partial charge < -0.3 is 10.1 Å². The highest BCUT2D eigenvalue weighted by molar-refractivity contribution is 7.91. The van der Waals surface area contributed by atoms with E-state index in [2.05, 4.69) is 5.32 Å². The van der Waals surface area contributed by atoms with E-state index in [9.17, 15) is 27.6 Å². The number of hydrogen-bond donors (Lipinski definition) is 1. The van der Waals surface area contributed by atoms with Crippen molar-refractivity contribution in [3.05, 3.63) is 35.4 Å². The molecule has 2 atom stereocenters. The third-order valence-electron chi connectivity index (χ3n) is 4.67. The summed E-state index contributed by atoms with van der Waals surface area (Å²) in [6.45, 7) is 1.22. The van der Waals surface area contributed by atoms with E-state index in [1.165, 1.54) is 6.92 Å². The van der Waals surface area contributed by atoms with E-state index in [0.717, 1.165) is 4.90 Å². The van der Waals surface area contributed by atoms with Crippen molar-refractivity contribution >= 4 is 33.5 Å². The largest absolute Gasteiger partial charge is 0.452 e. The number of nitrogens with zero attached hydrogens (tertiary/aromatic N) is 1. The lowest BCUT2D eigenvalue weighted by atomic mass is 10.1. The molecule has 0 aliphatic carbocycles. The molecule has 2 aliphatic heterocycles. The number of carbonyl (C=O) groups excluding carboxylic acids is 4. The van der Waals surface area contributed by atoms with Gasteiger partial charge in [0.2, 0.25) is 0 Å². The molecule has 1 aromatic carbocycles. The van der Waals surface area contributed by atoms with Gasteiger partial charge in [-0.2, -0.15) is 0 Å². The van der Waals surface area contributed by atoms with Gasteiger partial charge in [0.25, 0.3) is 17.7 Å². The quantitative estimate of drug-likeness (QED) is 0.515. The van der Waals surface area contributed by atoms with Crippen molar-refractivity contribution in [1.82, 2.24) is 10.2 Å². The van der Waals surface area contributed by atoms with E-state index >= 15 is 0 Å². The third-order valence-corrected chi connectivity index (χ3v) is 6.44. The zero-order valence-corrected chi connectivity index (χ0v) is 16.0. The summed E-state index contributed by atoms with van der Waals surface area (Å²) in [5.41, 5.74) is 0.584. The molecule has 9 nitrogen and oxygen atoms in total. The molecule has 0 radical (unpaired) electrons. The fraction of sp³-hybridized carbons (Fsp3) is 0.444. The second-order valence-corrected chi connectivity index (χ2v) is 9.03. The number of benzene rings is 1. The minimum atomic E-state index is -3.13. The summed E-state index contributed by atoms with van der Waals surface area (Å²) in [5, 5.41) is 2.55. The van der Waals surface area contributed by atoms with Gasteiger partial charge in [-0.25, -0.2) is 8.42 Å². The second kappa shape index (κ2) is 7.70. The lowest BCUT2D eigenvalue weighted by Gasteiger charge is -2.17. The molecule has 1 aromatic rings. The highest BCUT2D eigenvalue weighted by Gasteiger charge is 2.35. The molecule has 3 rings (SSSR count). The monoisotopic (exact) mass is 408 g/mol. The fourth-order valence-corrected chi connectivity index (χ4v) is 4.86. The first-order chi connectivity index (χ1) is 13.2. The van der Waals surface area contributed by atoms with Crippen LogP contribution in [0.1, 0.15) is 40.5 Å². The highest BCUT2D eigenvalue weighted by atomic mass is 32.2. The number of esters is 1. The number of hydrogen-bond acceptors (Lipinski definition) is 7. The van der Waals surface area contributed by atoms with Crippen molar-refractivity contribution in [2.75, 3.05) is 18.1 Å². The molecule has 150 valence electrons. The molecule has 0 spiro atoms. The van der Waals surface area contributed by atoms with E-state index in [0.29, 0.717) is 17.5 Å². The molecule has 0 unspecified atom stereocenters. The molecule has 1 saturated heterocycles. The fourth-order valence-electron chi connectivity index (χ4n) is 3.18. The minimum absolute atomic E-state index is 0.0202. The van der Waals surface area contributed by atoms with E-state index in [4.69, 9.17) is 4.74 Å². The zero-order valence-electron chi connectivity index (χ0n) is 15.2. The Morgan fingerprint density at radius 2 is 1.82 bits per heavy atom. The molecule has 1 fully saturated rings. The van der Waals surface area contributed by atoms with Gasteiger partial charge in [0.15, 0.2) is 15.9 Å². The normalized spacial score (nSPS) is 21.3. The molecule has 28 heavy (non-hydrogen) atoms. The van der Waals surface area contributed by atoms with Crippen molar-refractivity contribution in [3.63, 3.8) is 0 Å².